The molecule has 0 saturated carbocycles. The Labute approximate surface area is 88.8 Å². The van der Waals surface area contributed by atoms with Crippen molar-refractivity contribution in [2.24, 2.45) is 0 Å². The highest BCUT2D eigenvalue weighted by Gasteiger charge is 2.05. The van der Waals surface area contributed by atoms with Crippen molar-refractivity contribution < 1.29 is 9.53 Å². The molecular formula is C6H6Cl2N2O2S. The summed E-state index contributed by atoms with van der Waals surface area (Å²) >= 11 is 12.1. The molecule has 0 aliphatic rings. The van der Waals surface area contributed by atoms with Gasteiger partial charge in [-0.2, -0.15) is 0 Å². The van der Waals surface area contributed by atoms with E-state index in [9.17, 15) is 4.79 Å². The van der Waals surface area contributed by atoms with Gasteiger partial charge in [0.05, 0.1) is 5.88 Å². The lowest BCUT2D eigenvalue weighted by molar-refractivity contribution is 0.168. The summed E-state index contributed by atoms with van der Waals surface area (Å²) < 4.78 is 4.65. The molecule has 0 atom stereocenters. The molecule has 1 N–H and O–H groups in total. The van der Waals surface area contributed by atoms with Crippen LogP contribution in [-0.2, 0) is 4.74 Å². The van der Waals surface area contributed by atoms with Gasteiger partial charge in [0.15, 0.2) is 5.13 Å². The highest BCUT2D eigenvalue weighted by molar-refractivity contribution is 7.14. The minimum Gasteiger partial charge on any atom is -0.448 e. The fraction of sp³-hybridized carbons (Fsp3) is 0.333. The smallest absolute Gasteiger partial charge is 0.413 e. The number of halogens is 2. The zero-order chi connectivity index (χ0) is 9.68. The number of aromatic nitrogens is 1. The lowest BCUT2D eigenvalue weighted by Crippen LogP contribution is -2.14. The van der Waals surface area contributed by atoms with E-state index in [1.54, 1.807) is 5.38 Å². The molecule has 0 aromatic carbocycles. The maximum Gasteiger partial charge on any atom is 0.413 e. The van der Waals surface area contributed by atoms with Gasteiger partial charge >= 0.3 is 6.09 Å². The summed E-state index contributed by atoms with van der Waals surface area (Å²) in [5.74, 6) is 0.270. The second-order valence-electron chi connectivity index (χ2n) is 1.93. The van der Waals surface area contributed by atoms with E-state index in [4.69, 9.17) is 23.2 Å². The van der Waals surface area contributed by atoms with Crippen LogP contribution < -0.4 is 5.32 Å². The van der Waals surface area contributed by atoms with E-state index in [1.807, 2.05) is 0 Å². The Bertz CT molecular complexity index is 292. The van der Waals surface area contributed by atoms with Crippen LogP contribution in [0.2, 0.25) is 5.15 Å². The zero-order valence-corrected chi connectivity index (χ0v) is 8.75. The number of rotatable bonds is 3. The molecule has 4 nitrogen and oxygen atoms in total. The van der Waals surface area contributed by atoms with Crippen molar-refractivity contribution >= 4 is 45.8 Å². The first kappa shape index (κ1) is 10.6. The lowest BCUT2D eigenvalue weighted by atomic mass is 10.8. The SMILES string of the molecule is O=C(Nc1nc(Cl)cs1)OCCCl. The normalized spacial score (nSPS) is 9.69. The Kier molecular flexibility index (Phi) is 4.27. The van der Waals surface area contributed by atoms with Crippen LogP contribution in [0.4, 0.5) is 9.93 Å². The number of carbonyl (C=O) groups is 1. The summed E-state index contributed by atoms with van der Waals surface area (Å²) in [6.45, 7) is 0.173. The molecule has 0 aliphatic heterocycles. The third-order valence-electron chi connectivity index (χ3n) is 0.995. The molecule has 0 spiro atoms. The number of anilines is 1. The van der Waals surface area contributed by atoms with Crippen molar-refractivity contribution in [3.63, 3.8) is 0 Å². The molecule has 0 unspecified atom stereocenters. The van der Waals surface area contributed by atoms with Gasteiger partial charge in [0.25, 0.3) is 0 Å². The van der Waals surface area contributed by atoms with Gasteiger partial charge in [0.2, 0.25) is 0 Å². The standard InChI is InChI=1S/C6H6Cl2N2O2S/c7-1-2-12-6(11)10-5-9-4(8)3-13-5/h3H,1-2H2,(H,9,10,11). The van der Waals surface area contributed by atoms with Crippen LogP contribution in [0, 0.1) is 0 Å². The van der Waals surface area contributed by atoms with E-state index in [0.29, 0.717) is 10.3 Å². The molecule has 7 heteroatoms. The maximum atomic E-state index is 10.9. The van der Waals surface area contributed by atoms with E-state index < -0.39 is 6.09 Å². The van der Waals surface area contributed by atoms with Crippen LogP contribution in [0.25, 0.3) is 0 Å². The molecule has 1 rings (SSSR count). The molecule has 1 amide bonds. The minimum atomic E-state index is -0.577. The predicted molar refractivity (Wildman–Crippen MR) is 52.8 cm³/mol. The van der Waals surface area contributed by atoms with Crippen LogP contribution in [-0.4, -0.2) is 23.6 Å². The van der Waals surface area contributed by atoms with Gasteiger partial charge in [0, 0.05) is 5.38 Å². The van der Waals surface area contributed by atoms with Crippen molar-refractivity contribution in [2.45, 2.75) is 0 Å². The number of carbonyl (C=O) groups excluding carboxylic acids is 1. The van der Waals surface area contributed by atoms with Gasteiger partial charge in [-0.05, 0) is 0 Å². The molecule has 72 valence electrons. The zero-order valence-electron chi connectivity index (χ0n) is 6.42. The average molecular weight is 241 g/mol. The molecule has 0 radical (unpaired) electrons. The van der Waals surface area contributed by atoms with Gasteiger partial charge < -0.3 is 4.74 Å². The monoisotopic (exact) mass is 240 g/mol. The Hall–Kier alpha value is -0.520. The van der Waals surface area contributed by atoms with Gasteiger partial charge in [-0.25, -0.2) is 9.78 Å². The number of amides is 1. The van der Waals surface area contributed by atoms with E-state index in [2.05, 4.69) is 15.0 Å². The molecule has 0 bridgehead atoms. The summed E-state index contributed by atoms with van der Waals surface area (Å²) in [4.78, 5) is 14.7. The Morgan fingerprint density at radius 1 is 1.77 bits per heavy atom. The van der Waals surface area contributed by atoms with Crippen LogP contribution in [0.15, 0.2) is 5.38 Å². The summed E-state index contributed by atoms with van der Waals surface area (Å²) in [6, 6.07) is 0. The van der Waals surface area contributed by atoms with Gasteiger partial charge in [-0.15, -0.1) is 22.9 Å². The number of hydrogen-bond acceptors (Lipinski definition) is 4. The molecule has 13 heavy (non-hydrogen) atoms. The van der Waals surface area contributed by atoms with E-state index in [1.165, 1.54) is 11.3 Å². The van der Waals surface area contributed by atoms with Crippen LogP contribution in [0.1, 0.15) is 0 Å². The second kappa shape index (κ2) is 5.26. The Balaban J connectivity index is 2.36. The second-order valence-corrected chi connectivity index (χ2v) is 3.55. The largest absolute Gasteiger partial charge is 0.448 e. The van der Waals surface area contributed by atoms with Crippen molar-refractivity contribution in [1.29, 1.82) is 0 Å². The van der Waals surface area contributed by atoms with E-state index in [0.717, 1.165) is 0 Å². The Morgan fingerprint density at radius 2 is 2.54 bits per heavy atom. The molecular weight excluding hydrogens is 235 g/mol. The topological polar surface area (TPSA) is 51.2 Å². The first-order valence-corrected chi connectivity index (χ1v) is 5.12. The van der Waals surface area contributed by atoms with Gasteiger partial charge in [-0.1, -0.05) is 11.6 Å². The van der Waals surface area contributed by atoms with Crippen molar-refractivity contribution in [1.82, 2.24) is 4.98 Å². The fourth-order valence-corrected chi connectivity index (χ4v) is 1.47. The number of nitrogens with one attached hydrogen (secondary N) is 1. The summed E-state index contributed by atoms with van der Waals surface area (Å²) in [7, 11) is 0. The third kappa shape index (κ3) is 3.80. The number of thiazole rings is 1. The van der Waals surface area contributed by atoms with Crippen LogP contribution in [0.5, 0.6) is 0 Å². The number of nitrogens with zero attached hydrogens (tertiary/aromatic N) is 1. The first-order chi connectivity index (χ1) is 6.22. The Morgan fingerprint density at radius 3 is 3.08 bits per heavy atom. The lowest BCUT2D eigenvalue weighted by Gasteiger charge is -2.01. The van der Waals surface area contributed by atoms with Gasteiger partial charge in [-0.3, -0.25) is 5.32 Å². The molecule has 0 aliphatic carbocycles. The maximum absolute atomic E-state index is 10.9. The van der Waals surface area contributed by atoms with E-state index in [-0.39, 0.29) is 12.5 Å². The highest BCUT2D eigenvalue weighted by atomic mass is 35.5. The molecule has 0 fully saturated rings. The molecule has 0 saturated heterocycles. The molecule has 1 heterocycles. The predicted octanol–water partition coefficient (Wildman–Crippen LogP) is 2.58. The highest BCUT2D eigenvalue weighted by Crippen LogP contribution is 2.18. The number of hydrogen-bond donors (Lipinski definition) is 1. The summed E-state index contributed by atoms with van der Waals surface area (Å²) in [5, 5.41) is 4.76. The van der Waals surface area contributed by atoms with Crippen LogP contribution >= 0.6 is 34.5 Å². The van der Waals surface area contributed by atoms with Crippen molar-refractivity contribution in [3.8, 4) is 0 Å². The number of ether oxygens (including phenoxy) is 1. The number of alkyl halides is 1. The third-order valence-corrected chi connectivity index (χ3v) is 2.23. The quantitative estimate of drug-likeness (QED) is 0.827. The van der Waals surface area contributed by atoms with Crippen LogP contribution in [0.3, 0.4) is 0 Å². The fourth-order valence-electron chi connectivity index (χ4n) is 0.566. The summed E-state index contributed by atoms with van der Waals surface area (Å²) in [5.41, 5.74) is 0. The van der Waals surface area contributed by atoms with Crippen molar-refractivity contribution in [3.05, 3.63) is 10.5 Å². The minimum absolute atomic E-state index is 0.173. The first-order valence-electron chi connectivity index (χ1n) is 3.33. The van der Waals surface area contributed by atoms with Gasteiger partial charge in [0.1, 0.15) is 11.8 Å². The molecule has 1 aromatic rings. The average Bonchev–Trinajstić information content (AvgIpc) is 2.48. The summed E-state index contributed by atoms with van der Waals surface area (Å²) in [6.07, 6.45) is -0.577. The van der Waals surface area contributed by atoms with Crippen molar-refractivity contribution in [2.75, 3.05) is 17.8 Å². The van der Waals surface area contributed by atoms with E-state index >= 15 is 0 Å². The molecule has 1 aromatic heterocycles.